The van der Waals surface area contributed by atoms with Gasteiger partial charge in [0.2, 0.25) is 0 Å². The van der Waals surface area contributed by atoms with Crippen LogP contribution in [0, 0.1) is 11.7 Å². The second-order valence-corrected chi connectivity index (χ2v) is 5.48. The molecule has 0 bridgehead atoms. The molecule has 1 aromatic rings. The Morgan fingerprint density at radius 2 is 2.24 bits per heavy atom. The van der Waals surface area contributed by atoms with Crippen LogP contribution in [0.25, 0.3) is 0 Å². The zero-order valence-corrected chi connectivity index (χ0v) is 10.9. The van der Waals surface area contributed by atoms with Crippen molar-refractivity contribution in [1.29, 1.82) is 0 Å². The molecule has 0 aliphatic heterocycles. The van der Waals surface area contributed by atoms with Crippen molar-refractivity contribution in [2.45, 2.75) is 38.6 Å². The quantitative estimate of drug-likeness (QED) is 0.815. The third kappa shape index (κ3) is 4.29. The molecule has 1 aliphatic rings. The lowest BCUT2D eigenvalue weighted by Gasteiger charge is -2.12. The topological polar surface area (TPSA) is 12.0 Å². The van der Waals surface area contributed by atoms with E-state index in [1.165, 1.54) is 18.9 Å². The number of hydrogen-bond donors (Lipinski definition) is 1. The second-order valence-electron chi connectivity index (χ2n) is 5.07. The molecular weight excluding hydrogens is 237 g/mol. The molecule has 1 N–H and O–H groups in total. The van der Waals surface area contributed by atoms with Gasteiger partial charge in [-0.25, -0.2) is 4.39 Å². The smallest absolute Gasteiger partial charge is 0.141 e. The first-order chi connectivity index (χ1) is 8.15. The highest BCUT2D eigenvalue weighted by molar-refractivity contribution is 6.30. The summed E-state index contributed by atoms with van der Waals surface area (Å²) in [5.41, 5.74) is 1.12. The Morgan fingerprint density at radius 3 is 2.88 bits per heavy atom. The summed E-state index contributed by atoms with van der Waals surface area (Å²) < 4.78 is 13.0. The van der Waals surface area contributed by atoms with Gasteiger partial charge < -0.3 is 5.32 Å². The van der Waals surface area contributed by atoms with E-state index in [2.05, 4.69) is 12.2 Å². The number of halogens is 2. The van der Waals surface area contributed by atoms with Crippen molar-refractivity contribution >= 4 is 11.6 Å². The van der Waals surface area contributed by atoms with Crippen molar-refractivity contribution in [3.05, 3.63) is 34.6 Å². The minimum Gasteiger partial charge on any atom is -0.314 e. The minimum absolute atomic E-state index is 0.228. The summed E-state index contributed by atoms with van der Waals surface area (Å²) >= 11 is 5.76. The fourth-order valence-electron chi connectivity index (χ4n) is 1.99. The molecular formula is C14H19ClFN. The summed E-state index contributed by atoms with van der Waals surface area (Å²) in [4.78, 5) is 0. The van der Waals surface area contributed by atoms with E-state index in [0.29, 0.717) is 5.92 Å². The van der Waals surface area contributed by atoms with Crippen molar-refractivity contribution in [2.75, 3.05) is 6.54 Å². The first-order valence-corrected chi connectivity index (χ1v) is 6.70. The van der Waals surface area contributed by atoms with Gasteiger partial charge in [0.25, 0.3) is 0 Å². The average Bonchev–Trinajstić information content (AvgIpc) is 3.07. The third-order valence-electron chi connectivity index (χ3n) is 3.22. The molecule has 0 aromatic heterocycles. The van der Waals surface area contributed by atoms with E-state index in [1.54, 1.807) is 6.07 Å². The molecule has 1 saturated carbocycles. The molecule has 1 aliphatic carbocycles. The van der Waals surface area contributed by atoms with Crippen LogP contribution in [0.4, 0.5) is 4.39 Å². The van der Waals surface area contributed by atoms with Gasteiger partial charge in [0.05, 0.1) is 5.02 Å². The maximum atomic E-state index is 13.0. The predicted octanol–water partition coefficient (Wildman–Crippen LogP) is 3.80. The first kappa shape index (κ1) is 12.8. The van der Waals surface area contributed by atoms with Crippen LogP contribution in [0.3, 0.4) is 0 Å². The van der Waals surface area contributed by atoms with E-state index in [0.717, 1.165) is 31.0 Å². The van der Waals surface area contributed by atoms with Gasteiger partial charge in [0.1, 0.15) is 5.82 Å². The zero-order chi connectivity index (χ0) is 12.3. The average molecular weight is 256 g/mol. The molecule has 1 atom stereocenters. The summed E-state index contributed by atoms with van der Waals surface area (Å²) in [7, 11) is 0. The van der Waals surface area contributed by atoms with Crippen LogP contribution < -0.4 is 5.32 Å². The number of benzene rings is 1. The lowest BCUT2D eigenvalue weighted by atomic mass is 9.98. The van der Waals surface area contributed by atoms with Gasteiger partial charge in [0.15, 0.2) is 0 Å². The standard InChI is InChI=1S/C14H19ClFN/c1-10(6-7-17-12-3-4-12)8-11-2-5-14(16)13(15)9-11/h2,5,9-10,12,17H,3-4,6-8H2,1H3. The van der Waals surface area contributed by atoms with E-state index in [-0.39, 0.29) is 10.8 Å². The van der Waals surface area contributed by atoms with E-state index in [1.807, 2.05) is 6.07 Å². The van der Waals surface area contributed by atoms with Crippen molar-refractivity contribution in [3.8, 4) is 0 Å². The monoisotopic (exact) mass is 255 g/mol. The van der Waals surface area contributed by atoms with Gasteiger partial charge in [-0.2, -0.15) is 0 Å². The van der Waals surface area contributed by atoms with E-state index < -0.39 is 0 Å². The van der Waals surface area contributed by atoms with Crippen LogP contribution in [0.1, 0.15) is 31.7 Å². The van der Waals surface area contributed by atoms with Crippen molar-refractivity contribution in [3.63, 3.8) is 0 Å². The van der Waals surface area contributed by atoms with E-state index in [4.69, 9.17) is 11.6 Å². The summed E-state index contributed by atoms with van der Waals surface area (Å²) in [5.74, 6) is 0.265. The summed E-state index contributed by atoms with van der Waals surface area (Å²) in [6, 6.07) is 5.79. The minimum atomic E-state index is -0.335. The van der Waals surface area contributed by atoms with Gasteiger partial charge in [-0.1, -0.05) is 24.6 Å². The van der Waals surface area contributed by atoms with Crippen LogP contribution in [-0.2, 0) is 6.42 Å². The number of nitrogens with one attached hydrogen (secondary N) is 1. The fourth-order valence-corrected chi connectivity index (χ4v) is 2.20. The van der Waals surface area contributed by atoms with Gasteiger partial charge in [-0.15, -0.1) is 0 Å². The number of rotatable bonds is 6. The van der Waals surface area contributed by atoms with Crippen LogP contribution in [0.15, 0.2) is 18.2 Å². The predicted molar refractivity (Wildman–Crippen MR) is 69.9 cm³/mol. The molecule has 1 nitrogen and oxygen atoms in total. The van der Waals surface area contributed by atoms with Crippen molar-refractivity contribution < 1.29 is 4.39 Å². The van der Waals surface area contributed by atoms with Gasteiger partial charge in [0, 0.05) is 6.04 Å². The van der Waals surface area contributed by atoms with Crippen LogP contribution in [0.2, 0.25) is 5.02 Å². The Hall–Kier alpha value is -0.600. The Morgan fingerprint density at radius 1 is 1.47 bits per heavy atom. The van der Waals surface area contributed by atoms with Crippen molar-refractivity contribution in [2.24, 2.45) is 5.92 Å². The SMILES string of the molecule is CC(CCNC1CC1)Cc1ccc(F)c(Cl)c1. The van der Waals surface area contributed by atoms with E-state index in [9.17, 15) is 4.39 Å². The first-order valence-electron chi connectivity index (χ1n) is 6.32. The lowest BCUT2D eigenvalue weighted by Crippen LogP contribution is -2.20. The van der Waals surface area contributed by atoms with Gasteiger partial charge in [-0.05, 0) is 55.8 Å². The Balaban J connectivity index is 1.75. The van der Waals surface area contributed by atoms with Gasteiger partial charge >= 0.3 is 0 Å². The summed E-state index contributed by atoms with van der Waals surface area (Å²) in [5, 5.41) is 3.74. The molecule has 1 unspecified atom stereocenters. The lowest BCUT2D eigenvalue weighted by molar-refractivity contribution is 0.497. The van der Waals surface area contributed by atoms with Crippen LogP contribution in [0.5, 0.6) is 0 Å². The van der Waals surface area contributed by atoms with E-state index >= 15 is 0 Å². The Kier molecular flexibility index (Phi) is 4.41. The Bertz CT molecular complexity index is 376. The highest BCUT2D eigenvalue weighted by Crippen LogP contribution is 2.21. The van der Waals surface area contributed by atoms with Crippen molar-refractivity contribution in [1.82, 2.24) is 5.32 Å². The molecule has 1 fully saturated rings. The zero-order valence-electron chi connectivity index (χ0n) is 10.2. The van der Waals surface area contributed by atoms with Gasteiger partial charge in [-0.3, -0.25) is 0 Å². The Labute approximate surface area is 107 Å². The normalized spacial score (nSPS) is 17.1. The molecule has 0 spiro atoms. The molecule has 0 amide bonds. The molecule has 17 heavy (non-hydrogen) atoms. The highest BCUT2D eigenvalue weighted by atomic mass is 35.5. The van der Waals surface area contributed by atoms with Crippen LogP contribution in [-0.4, -0.2) is 12.6 Å². The second kappa shape index (κ2) is 5.83. The molecule has 94 valence electrons. The molecule has 2 rings (SSSR count). The maximum Gasteiger partial charge on any atom is 0.141 e. The summed E-state index contributed by atoms with van der Waals surface area (Å²) in [6.45, 7) is 3.31. The van der Waals surface area contributed by atoms with Crippen LogP contribution >= 0.6 is 11.6 Å². The molecule has 3 heteroatoms. The molecule has 1 aromatic carbocycles. The fraction of sp³-hybridized carbons (Fsp3) is 0.571. The number of hydrogen-bond acceptors (Lipinski definition) is 1. The largest absolute Gasteiger partial charge is 0.314 e. The molecule has 0 radical (unpaired) electrons. The molecule has 0 heterocycles. The highest BCUT2D eigenvalue weighted by Gasteiger charge is 2.19. The molecule has 0 saturated heterocycles. The summed E-state index contributed by atoms with van der Waals surface area (Å²) in [6.07, 6.45) is 4.79. The maximum absolute atomic E-state index is 13.0. The third-order valence-corrected chi connectivity index (χ3v) is 3.51.